The van der Waals surface area contributed by atoms with Gasteiger partial charge in [0.15, 0.2) is 33.6 Å². The molecule has 0 fully saturated rings. The number of imidazole rings is 1. The Kier molecular flexibility index (Phi) is 23.9. The predicted octanol–water partition coefficient (Wildman–Crippen LogP) is 9.04. The van der Waals surface area contributed by atoms with Crippen molar-refractivity contribution in [2.45, 2.75) is 111 Å². The Morgan fingerprint density at radius 3 is 2.00 bits per heavy atom. The number of ether oxygens (including phenoxy) is 2. The molecule has 9 rings (SSSR count). The third kappa shape index (κ3) is 17.8. The maximum atomic E-state index is 13.4. The van der Waals surface area contributed by atoms with E-state index in [2.05, 4.69) is 58.5 Å². The van der Waals surface area contributed by atoms with Gasteiger partial charge in [0.25, 0.3) is 11.8 Å². The summed E-state index contributed by atoms with van der Waals surface area (Å²) in [6.07, 6.45) is 11.5. The van der Waals surface area contributed by atoms with Crippen molar-refractivity contribution >= 4 is 108 Å². The molecule has 4 amide bonds. The summed E-state index contributed by atoms with van der Waals surface area (Å²) in [6, 6.07) is 26.0. The number of carboxylic acid groups (broad SMARTS) is 1. The minimum Gasteiger partial charge on any atom is -0.478 e. The van der Waals surface area contributed by atoms with Crippen LogP contribution < -0.4 is 56.0 Å². The number of unbranched alkanes of at least 4 members (excludes halogenated alkanes) is 9. The molecule has 0 saturated carbocycles. The Labute approximate surface area is 552 Å². The van der Waals surface area contributed by atoms with E-state index >= 15 is 0 Å². The van der Waals surface area contributed by atoms with E-state index in [4.69, 9.17) is 24.6 Å². The van der Waals surface area contributed by atoms with Gasteiger partial charge in [-0.2, -0.15) is 0 Å². The summed E-state index contributed by atoms with van der Waals surface area (Å²) in [5.74, 6) is -0.0835. The molecule has 4 heterocycles. The average Bonchev–Trinajstić information content (AvgIpc) is 0.891. The highest BCUT2D eigenvalue weighted by Crippen LogP contribution is 2.44. The molecule has 3 aliphatic rings. The van der Waals surface area contributed by atoms with Crippen molar-refractivity contribution < 1.29 is 51.4 Å². The molecule has 0 atom stereocenters. The second-order valence-electron chi connectivity index (χ2n) is 22.8. The number of halogens is 1. The topological polar surface area (TPSA) is 307 Å². The maximum absolute atomic E-state index is 13.4. The summed E-state index contributed by atoms with van der Waals surface area (Å²) in [5.41, 5.74) is 11.0. The number of hydrogen-bond acceptors (Lipinski definition) is 16. The number of carboxylic acids is 1. The van der Waals surface area contributed by atoms with Crippen molar-refractivity contribution in [1.82, 2.24) is 50.1 Å². The number of nitrogen functional groups attached to an aromatic ring is 1. The number of rotatable bonds is 33. The number of nitrogens with zero attached hydrogens (tertiary/aromatic N) is 6. The van der Waals surface area contributed by atoms with Gasteiger partial charge in [0.1, 0.15) is 31.8 Å². The number of benzene rings is 5. The van der Waals surface area contributed by atoms with Gasteiger partial charge in [0.2, 0.25) is 34.0 Å². The number of amides is 4. The molecule has 6 aromatic rings. The first-order chi connectivity index (χ1) is 44.3. The van der Waals surface area contributed by atoms with Gasteiger partial charge in [0, 0.05) is 120 Å². The molecule has 1 aliphatic carbocycles. The van der Waals surface area contributed by atoms with Gasteiger partial charge in [0.05, 0.1) is 16.5 Å². The van der Waals surface area contributed by atoms with E-state index < -0.39 is 21.9 Å². The number of carbonyl (C=O) groups is 5. The van der Waals surface area contributed by atoms with Gasteiger partial charge in [-0.15, -0.1) is 0 Å². The predicted molar refractivity (Wildman–Crippen MR) is 363 cm³/mol. The highest BCUT2D eigenvalue weighted by Gasteiger charge is 2.26. The van der Waals surface area contributed by atoms with E-state index in [1.54, 1.807) is 24.3 Å². The highest BCUT2D eigenvalue weighted by atomic mass is 127. The van der Waals surface area contributed by atoms with E-state index in [0.717, 1.165) is 81.8 Å². The zero-order valence-electron chi connectivity index (χ0n) is 52.1. The first-order valence-corrected chi connectivity index (χ1v) is 34.2. The number of aromatic nitrogens is 4. The maximum Gasteiger partial charge on any atom is 0.336 e. The lowest BCUT2D eigenvalue weighted by Gasteiger charge is -2.19. The quantitative estimate of drug-likeness (QED) is 0.00873. The summed E-state index contributed by atoms with van der Waals surface area (Å²) >= 11 is 3.71. The van der Waals surface area contributed by atoms with E-state index in [1.165, 1.54) is 36.3 Å². The molecule has 8 N–H and O–H groups in total. The fourth-order valence-electron chi connectivity index (χ4n) is 10.6. The van der Waals surface area contributed by atoms with Gasteiger partial charge in [-0.25, -0.2) is 37.5 Å². The van der Waals surface area contributed by atoms with Crippen LogP contribution in [0.1, 0.15) is 121 Å². The number of fused-ring (bicyclic) bond motifs is 4. The highest BCUT2D eigenvalue weighted by molar-refractivity contribution is 14.1. The molecule has 0 bridgehead atoms. The molecule has 26 heteroatoms. The molecular weight excluding hydrogens is 1330 g/mol. The summed E-state index contributed by atoms with van der Waals surface area (Å²) in [7, 11) is 3.82. The van der Waals surface area contributed by atoms with Crippen molar-refractivity contribution in [2.75, 3.05) is 78.3 Å². The van der Waals surface area contributed by atoms with Crippen LogP contribution in [0.5, 0.6) is 11.5 Å². The van der Waals surface area contributed by atoms with E-state index in [-0.39, 0.29) is 71.3 Å². The summed E-state index contributed by atoms with van der Waals surface area (Å²) in [4.78, 5) is 80.5. The average molecular weight is 1410 g/mol. The summed E-state index contributed by atoms with van der Waals surface area (Å²) in [5, 5.41) is 24.4. The monoisotopic (exact) mass is 1410 g/mol. The molecule has 92 heavy (non-hydrogen) atoms. The fourth-order valence-corrected chi connectivity index (χ4v) is 13.5. The number of aromatic carboxylic acids is 1. The van der Waals surface area contributed by atoms with Crippen molar-refractivity contribution in [2.24, 2.45) is 0 Å². The third-order valence-corrected chi connectivity index (χ3v) is 19.4. The van der Waals surface area contributed by atoms with Crippen LogP contribution in [0.15, 0.2) is 117 Å². The van der Waals surface area contributed by atoms with Crippen LogP contribution in [-0.2, 0) is 26.2 Å². The van der Waals surface area contributed by atoms with Crippen LogP contribution in [0.3, 0.4) is 0 Å². The molecule has 4 aromatic carbocycles. The molecule has 0 unspecified atom stereocenters. The lowest BCUT2D eigenvalue weighted by Crippen LogP contribution is -2.29. The Morgan fingerprint density at radius 2 is 1.33 bits per heavy atom. The van der Waals surface area contributed by atoms with Crippen molar-refractivity contribution in [3.63, 3.8) is 0 Å². The van der Waals surface area contributed by atoms with E-state index in [0.29, 0.717) is 109 Å². The lowest BCUT2D eigenvalue weighted by atomic mass is 9.89. The van der Waals surface area contributed by atoms with Crippen LogP contribution in [0.25, 0.3) is 44.6 Å². The number of nitrogens with one attached hydrogen (secondary N) is 5. The SMILES string of the molecule is CN(C)c1ccc2c(-c3ccc(C(=O)NCCCCCNS(=O)(=O)c4cccc(C(=O)NCCCCCCCCCCNC(=O)CCC(=O)NCCCn5c(Sc6cc7c(cc6I)OCO7)nc6c(N)ncnc65)c4)cc3C(=O)O)c3ccc(=[N+](C)C)cc-3oc2c1. The summed E-state index contributed by atoms with van der Waals surface area (Å²) < 4.78 is 51.5. The molecule has 0 spiro atoms. The zero-order valence-corrected chi connectivity index (χ0v) is 55.9. The standard InChI is InChI=1S/C66H77IN12O11S2/c1-77(2)44-21-24-48-52(36-44)90-53-37-45(78(3)4)22-25-49(53)59(48)47-23-20-43(35-50(47)65(84)85)64(83)72-30-14-11-15-32-75-92(86,87)46-19-16-18-42(34-46)63(82)71-29-13-10-8-6-5-7-9-12-28-69-57(80)26-27-58(81)70-31-17-33-79-62-60(61(68)73-40-74-62)76-66(79)91-56-39-55-54(38-51(56)67)88-41-89-55/h16,18-25,34-40,75H,5-15,17,26-33,41H2,1-4H3,(H6-,68,69,70,71,72,73,74,80,81,82,83,84,85)/p+1. The number of nitrogens with two attached hydrogens (primary N) is 1. The largest absolute Gasteiger partial charge is 0.478 e. The third-order valence-electron chi connectivity index (χ3n) is 15.7. The first-order valence-electron chi connectivity index (χ1n) is 30.8. The van der Waals surface area contributed by atoms with Gasteiger partial charge >= 0.3 is 5.97 Å². The molecule has 2 aliphatic heterocycles. The normalized spacial score (nSPS) is 11.9. The van der Waals surface area contributed by atoms with Crippen molar-refractivity contribution in [3.05, 3.63) is 123 Å². The number of anilines is 2. The molecule has 2 aromatic heterocycles. The van der Waals surface area contributed by atoms with Gasteiger partial charge < -0.3 is 55.5 Å². The van der Waals surface area contributed by atoms with Gasteiger partial charge in [-0.3, -0.25) is 19.2 Å². The van der Waals surface area contributed by atoms with Crippen LogP contribution in [0.2, 0.25) is 0 Å². The van der Waals surface area contributed by atoms with Crippen LogP contribution >= 0.6 is 34.4 Å². The Bertz CT molecular complexity index is 4150. The van der Waals surface area contributed by atoms with Crippen LogP contribution in [0.4, 0.5) is 11.5 Å². The Morgan fingerprint density at radius 1 is 0.707 bits per heavy atom. The molecule has 0 radical (unpaired) electrons. The number of aryl methyl sites for hydroxylation is 1. The van der Waals surface area contributed by atoms with Crippen molar-refractivity contribution in [1.29, 1.82) is 0 Å². The second kappa shape index (κ2) is 32.3. The van der Waals surface area contributed by atoms with Crippen LogP contribution in [0, 0.1) is 3.57 Å². The number of hydrogen-bond donors (Lipinski definition) is 7. The fraction of sp³-hybridized carbons (Fsp3) is 0.379. The molecule has 486 valence electrons. The molecule has 0 saturated heterocycles. The van der Waals surface area contributed by atoms with E-state index in [1.807, 2.05) is 90.8 Å². The van der Waals surface area contributed by atoms with Crippen LogP contribution in [-0.4, -0.2) is 130 Å². The van der Waals surface area contributed by atoms with Gasteiger partial charge in [-0.05, 0) is 121 Å². The summed E-state index contributed by atoms with van der Waals surface area (Å²) in [6.45, 7) is 2.55. The lowest BCUT2D eigenvalue weighted by molar-refractivity contribution is -0.126. The minimum atomic E-state index is -3.91. The zero-order chi connectivity index (χ0) is 65.3. The second-order valence-corrected chi connectivity index (χ2v) is 26.7. The number of carbonyl (C=O) groups excluding carboxylic acids is 4. The van der Waals surface area contributed by atoms with Gasteiger partial charge in [-0.1, -0.05) is 68.8 Å². The molecular formula is C66H78IN12O11S2+. The van der Waals surface area contributed by atoms with E-state index in [9.17, 15) is 37.5 Å². The first kappa shape index (κ1) is 68.0. The Balaban J connectivity index is 0.600. The minimum absolute atomic E-state index is 0.0141. The number of sulfonamides is 1. The smallest absolute Gasteiger partial charge is 0.336 e. The molecule has 23 nitrogen and oxygen atoms in total. The van der Waals surface area contributed by atoms with Crippen molar-refractivity contribution in [3.8, 4) is 33.9 Å². The Hall–Kier alpha value is -8.34.